The summed E-state index contributed by atoms with van der Waals surface area (Å²) in [6, 6.07) is 13.1. The van der Waals surface area contributed by atoms with Gasteiger partial charge < -0.3 is 18.2 Å². The molecule has 1 aromatic carbocycles. The number of hydrogen-bond acceptors (Lipinski definition) is 7. The lowest BCUT2D eigenvalue weighted by molar-refractivity contribution is 0.189. The van der Waals surface area contributed by atoms with Crippen LogP contribution in [-0.4, -0.2) is 33.6 Å². The van der Waals surface area contributed by atoms with E-state index in [1.165, 1.54) is 0 Å². The van der Waals surface area contributed by atoms with Crippen LogP contribution in [0.2, 0.25) is 5.02 Å². The van der Waals surface area contributed by atoms with Crippen LogP contribution in [0.1, 0.15) is 12.1 Å². The first-order valence-corrected chi connectivity index (χ1v) is 10.4. The number of halogens is 1. The number of methoxy groups -OCH3 is 1. The van der Waals surface area contributed by atoms with Gasteiger partial charge in [-0.3, -0.25) is 0 Å². The largest absolute Gasteiger partial charge is 0.461 e. The van der Waals surface area contributed by atoms with Crippen LogP contribution in [-0.2, 0) is 17.0 Å². The number of ether oxygens (including phenoxy) is 1. The molecule has 3 heterocycles. The normalized spacial score (nSPS) is 11.2. The van der Waals surface area contributed by atoms with E-state index in [9.17, 15) is 0 Å². The molecule has 0 N–H and O–H groups in total. The van der Waals surface area contributed by atoms with Crippen LogP contribution in [0, 0.1) is 0 Å². The van der Waals surface area contributed by atoms with Crippen LogP contribution in [0.4, 0.5) is 0 Å². The molecule has 0 bridgehead atoms. The quantitative estimate of drug-likeness (QED) is 0.267. The van der Waals surface area contributed by atoms with Gasteiger partial charge in [0.25, 0.3) is 0 Å². The van der Waals surface area contributed by atoms with E-state index in [2.05, 4.69) is 19.9 Å². The summed E-state index contributed by atoms with van der Waals surface area (Å²) >= 11 is 7.92. The molecule has 7 nitrogen and oxygen atoms in total. The Morgan fingerprint density at radius 2 is 2.03 bits per heavy atom. The number of furan rings is 1. The topological polar surface area (TPSA) is 79.1 Å². The van der Waals surface area contributed by atoms with Crippen LogP contribution in [0.15, 0.2) is 62.8 Å². The molecular formula is C20H19ClN4O3S. The Kier molecular flexibility index (Phi) is 6.33. The van der Waals surface area contributed by atoms with Gasteiger partial charge in [-0.05, 0) is 30.7 Å². The summed E-state index contributed by atoms with van der Waals surface area (Å²) < 4.78 is 18.0. The fourth-order valence-corrected chi connectivity index (χ4v) is 3.92. The third kappa shape index (κ3) is 4.55. The number of nitrogens with zero attached hydrogens (tertiary/aromatic N) is 4. The molecule has 3 aromatic heterocycles. The zero-order chi connectivity index (χ0) is 20.1. The summed E-state index contributed by atoms with van der Waals surface area (Å²) in [5, 5.41) is 14.3. The molecule has 0 spiro atoms. The number of aromatic nitrogens is 4. The third-order valence-corrected chi connectivity index (χ3v) is 5.56. The summed E-state index contributed by atoms with van der Waals surface area (Å²) in [6.07, 6.45) is 2.44. The third-order valence-electron chi connectivity index (χ3n) is 4.23. The van der Waals surface area contributed by atoms with Gasteiger partial charge >= 0.3 is 0 Å². The van der Waals surface area contributed by atoms with Crippen molar-refractivity contribution in [3.05, 3.63) is 59.4 Å². The average molecular weight is 431 g/mol. The molecule has 0 aliphatic carbocycles. The Morgan fingerprint density at radius 3 is 2.83 bits per heavy atom. The summed E-state index contributed by atoms with van der Waals surface area (Å²) in [6.45, 7) is 1.38. The standard InChI is InChI=1S/C20H19ClN4O3S/c1-26-10-5-9-25-19(15-6-2-3-7-16(15)21)22-23-20(25)29-13-14-12-18(28-24-14)17-8-4-11-27-17/h2-4,6-8,11-12H,5,9-10,13H2,1H3. The van der Waals surface area contributed by atoms with Crippen molar-refractivity contribution in [2.75, 3.05) is 13.7 Å². The zero-order valence-electron chi connectivity index (χ0n) is 15.7. The number of rotatable bonds is 9. The molecule has 0 aliphatic rings. The highest BCUT2D eigenvalue weighted by molar-refractivity contribution is 7.98. The van der Waals surface area contributed by atoms with Gasteiger partial charge in [-0.15, -0.1) is 10.2 Å². The van der Waals surface area contributed by atoms with Crippen molar-refractivity contribution in [1.82, 2.24) is 19.9 Å². The van der Waals surface area contributed by atoms with Gasteiger partial charge in [-0.2, -0.15) is 0 Å². The minimum atomic E-state index is 0.592. The van der Waals surface area contributed by atoms with E-state index in [4.69, 9.17) is 25.3 Å². The van der Waals surface area contributed by atoms with Crippen LogP contribution in [0.5, 0.6) is 0 Å². The molecule has 0 atom stereocenters. The zero-order valence-corrected chi connectivity index (χ0v) is 17.3. The van der Waals surface area contributed by atoms with Crippen molar-refractivity contribution in [1.29, 1.82) is 0 Å². The fourth-order valence-electron chi connectivity index (χ4n) is 2.86. The Morgan fingerprint density at radius 1 is 1.14 bits per heavy atom. The van der Waals surface area contributed by atoms with Crippen molar-refractivity contribution >= 4 is 23.4 Å². The predicted octanol–water partition coefficient (Wildman–Crippen LogP) is 5.18. The molecule has 0 amide bonds. The summed E-state index contributed by atoms with van der Waals surface area (Å²) in [4.78, 5) is 0. The van der Waals surface area contributed by atoms with E-state index in [0.717, 1.165) is 35.2 Å². The Bertz CT molecular complexity index is 1060. The fraction of sp³-hybridized carbons (Fsp3) is 0.250. The minimum absolute atomic E-state index is 0.592. The molecular weight excluding hydrogens is 412 g/mol. The smallest absolute Gasteiger partial charge is 0.202 e. The minimum Gasteiger partial charge on any atom is -0.461 e. The molecule has 0 radical (unpaired) electrons. The van der Waals surface area contributed by atoms with E-state index in [1.807, 2.05) is 42.5 Å². The molecule has 9 heteroatoms. The van der Waals surface area contributed by atoms with Crippen molar-refractivity contribution in [2.45, 2.75) is 23.9 Å². The Balaban J connectivity index is 1.54. The van der Waals surface area contributed by atoms with Crippen molar-refractivity contribution in [3.63, 3.8) is 0 Å². The van der Waals surface area contributed by atoms with Gasteiger partial charge in [0.05, 0.1) is 17.0 Å². The van der Waals surface area contributed by atoms with Crippen molar-refractivity contribution in [3.8, 4) is 22.9 Å². The van der Waals surface area contributed by atoms with Crippen LogP contribution < -0.4 is 0 Å². The van der Waals surface area contributed by atoms with Gasteiger partial charge in [-0.1, -0.05) is 40.7 Å². The Labute approximate surface area is 177 Å². The molecule has 0 unspecified atom stereocenters. The molecule has 0 aliphatic heterocycles. The van der Waals surface area contributed by atoms with Crippen molar-refractivity contribution in [2.24, 2.45) is 0 Å². The Hall–Kier alpha value is -2.55. The van der Waals surface area contributed by atoms with E-state index >= 15 is 0 Å². The van der Waals surface area contributed by atoms with Crippen molar-refractivity contribution < 1.29 is 13.7 Å². The maximum atomic E-state index is 6.38. The first-order valence-electron chi connectivity index (χ1n) is 9.05. The summed E-state index contributed by atoms with van der Waals surface area (Å²) in [7, 11) is 1.69. The van der Waals surface area contributed by atoms with Gasteiger partial charge in [0.2, 0.25) is 5.76 Å². The van der Waals surface area contributed by atoms with E-state index in [1.54, 1.807) is 25.1 Å². The van der Waals surface area contributed by atoms with Crippen LogP contribution >= 0.6 is 23.4 Å². The van der Waals surface area contributed by atoms with Crippen LogP contribution in [0.25, 0.3) is 22.9 Å². The average Bonchev–Trinajstić information content (AvgIpc) is 3.48. The van der Waals surface area contributed by atoms with E-state index < -0.39 is 0 Å². The molecule has 4 rings (SSSR count). The highest BCUT2D eigenvalue weighted by Crippen LogP contribution is 2.31. The second-order valence-corrected chi connectivity index (χ2v) is 7.58. The highest BCUT2D eigenvalue weighted by atomic mass is 35.5. The van der Waals surface area contributed by atoms with Gasteiger partial charge in [0.1, 0.15) is 0 Å². The van der Waals surface area contributed by atoms with Gasteiger partial charge in [-0.25, -0.2) is 0 Å². The molecule has 150 valence electrons. The highest BCUT2D eigenvalue weighted by Gasteiger charge is 2.17. The van der Waals surface area contributed by atoms with Gasteiger partial charge in [0.15, 0.2) is 16.7 Å². The molecule has 4 aromatic rings. The SMILES string of the molecule is COCCCn1c(SCc2cc(-c3ccco3)on2)nnc1-c1ccccc1Cl. The van der Waals surface area contributed by atoms with Crippen LogP contribution in [0.3, 0.4) is 0 Å². The molecule has 0 saturated carbocycles. The number of thioether (sulfide) groups is 1. The lowest BCUT2D eigenvalue weighted by atomic mass is 10.2. The monoisotopic (exact) mass is 430 g/mol. The maximum Gasteiger partial charge on any atom is 0.202 e. The maximum absolute atomic E-state index is 6.38. The lowest BCUT2D eigenvalue weighted by Gasteiger charge is -2.10. The van der Waals surface area contributed by atoms with E-state index in [-0.39, 0.29) is 0 Å². The summed E-state index contributed by atoms with van der Waals surface area (Å²) in [5.41, 5.74) is 1.65. The first-order chi connectivity index (χ1) is 14.3. The molecule has 0 saturated heterocycles. The van der Waals surface area contributed by atoms with Gasteiger partial charge in [0, 0.05) is 37.6 Å². The number of hydrogen-bond donors (Lipinski definition) is 0. The molecule has 0 fully saturated rings. The predicted molar refractivity (Wildman–Crippen MR) is 111 cm³/mol. The van der Waals surface area contributed by atoms with E-state index in [0.29, 0.717) is 28.9 Å². The second-order valence-electron chi connectivity index (χ2n) is 6.23. The second kappa shape index (κ2) is 9.30. The first kappa shape index (κ1) is 19.8. The molecule has 29 heavy (non-hydrogen) atoms. The lowest BCUT2D eigenvalue weighted by Crippen LogP contribution is -2.05. The summed E-state index contributed by atoms with van der Waals surface area (Å²) in [5.74, 6) is 2.59. The number of benzene rings is 1.